The fourth-order valence-electron chi connectivity index (χ4n) is 1.51. The second kappa shape index (κ2) is 4.40. The van der Waals surface area contributed by atoms with Crippen LogP contribution in [0.25, 0.3) is 11.3 Å². The van der Waals surface area contributed by atoms with Crippen molar-refractivity contribution in [3.05, 3.63) is 57.9 Å². The van der Waals surface area contributed by atoms with Crippen molar-refractivity contribution in [2.45, 2.75) is 0 Å². The minimum Gasteiger partial charge on any atom is -0.477 e. The summed E-state index contributed by atoms with van der Waals surface area (Å²) in [6.07, 6.45) is 0. The largest absolute Gasteiger partial charge is 0.477 e. The van der Waals surface area contributed by atoms with E-state index in [1.807, 2.05) is 0 Å². The molecule has 2 aromatic rings. The van der Waals surface area contributed by atoms with Crippen molar-refractivity contribution in [2.75, 3.05) is 0 Å². The Balaban J connectivity index is 2.56. The van der Waals surface area contributed by atoms with Crippen LogP contribution in [-0.4, -0.2) is 16.1 Å². The van der Waals surface area contributed by atoms with E-state index < -0.39 is 28.7 Å². The quantitative estimate of drug-likeness (QED) is 0.857. The van der Waals surface area contributed by atoms with Crippen LogP contribution in [0, 0.1) is 11.6 Å². The molecule has 0 unspecified atom stereocenters. The van der Waals surface area contributed by atoms with Crippen molar-refractivity contribution in [1.29, 1.82) is 0 Å². The summed E-state index contributed by atoms with van der Waals surface area (Å²) in [6, 6.07) is 5.21. The number of carboxylic acid groups (broad SMARTS) is 1. The van der Waals surface area contributed by atoms with Crippen molar-refractivity contribution in [3.63, 3.8) is 0 Å². The maximum Gasteiger partial charge on any atom is 0.341 e. The number of pyridine rings is 1. The zero-order chi connectivity index (χ0) is 13.3. The van der Waals surface area contributed by atoms with Crippen LogP contribution in [0.15, 0.2) is 35.1 Å². The smallest absolute Gasteiger partial charge is 0.341 e. The molecule has 0 aliphatic heterocycles. The molecule has 6 heteroatoms. The molecule has 0 atom stereocenters. The van der Waals surface area contributed by atoms with Gasteiger partial charge in [0.1, 0.15) is 17.2 Å². The van der Waals surface area contributed by atoms with Gasteiger partial charge in [-0.2, -0.15) is 0 Å². The molecule has 2 rings (SSSR count). The highest BCUT2D eigenvalue weighted by Gasteiger charge is 2.11. The zero-order valence-corrected chi connectivity index (χ0v) is 8.91. The second-order valence-electron chi connectivity index (χ2n) is 3.54. The number of nitrogens with one attached hydrogen (secondary N) is 1. The van der Waals surface area contributed by atoms with Gasteiger partial charge in [-0.15, -0.1) is 0 Å². The van der Waals surface area contributed by atoms with Gasteiger partial charge in [-0.1, -0.05) is 0 Å². The third-order valence-corrected chi connectivity index (χ3v) is 2.36. The molecule has 0 saturated heterocycles. The minimum atomic E-state index is -1.37. The Kier molecular flexibility index (Phi) is 2.93. The summed E-state index contributed by atoms with van der Waals surface area (Å²) in [5, 5.41) is 8.67. The summed E-state index contributed by atoms with van der Waals surface area (Å²) in [4.78, 5) is 24.3. The third-order valence-electron chi connectivity index (χ3n) is 2.36. The Hall–Kier alpha value is -2.50. The number of H-pyrrole nitrogens is 1. The number of hydrogen-bond acceptors (Lipinski definition) is 2. The van der Waals surface area contributed by atoms with E-state index in [2.05, 4.69) is 4.98 Å². The fourth-order valence-corrected chi connectivity index (χ4v) is 1.51. The first kappa shape index (κ1) is 12.0. The predicted octanol–water partition coefficient (Wildman–Crippen LogP) is 2.02. The first-order valence-corrected chi connectivity index (χ1v) is 4.91. The number of rotatable bonds is 2. The highest BCUT2D eigenvalue weighted by molar-refractivity contribution is 5.87. The number of aromatic carboxylic acids is 1. The Morgan fingerprint density at radius 1 is 1.17 bits per heavy atom. The van der Waals surface area contributed by atoms with Crippen LogP contribution in [-0.2, 0) is 0 Å². The lowest BCUT2D eigenvalue weighted by Gasteiger charge is -2.03. The molecule has 0 fully saturated rings. The summed E-state index contributed by atoms with van der Waals surface area (Å²) in [6.45, 7) is 0. The molecule has 1 aromatic heterocycles. The van der Waals surface area contributed by atoms with Crippen LogP contribution in [0.2, 0.25) is 0 Å². The average Bonchev–Trinajstić information content (AvgIpc) is 2.28. The molecule has 0 spiro atoms. The van der Waals surface area contributed by atoms with E-state index in [0.717, 1.165) is 18.2 Å². The van der Waals surface area contributed by atoms with Crippen molar-refractivity contribution < 1.29 is 18.7 Å². The Morgan fingerprint density at radius 2 is 1.89 bits per heavy atom. The van der Waals surface area contributed by atoms with Crippen LogP contribution < -0.4 is 5.56 Å². The summed E-state index contributed by atoms with van der Waals surface area (Å²) in [7, 11) is 0. The normalized spacial score (nSPS) is 10.3. The average molecular weight is 251 g/mol. The van der Waals surface area contributed by atoms with E-state index in [1.54, 1.807) is 0 Å². The van der Waals surface area contributed by atoms with Gasteiger partial charge in [0.2, 0.25) is 0 Å². The molecule has 0 bridgehead atoms. The highest BCUT2D eigenvalue weighted by atomic mass is 19.1. The lowest BCUT2D eigenvalue weighted by atomic mass is 10.1. The number of aromatic nitrogens is 1. The number of benzene rings is 1. The van der Waals surface area contributed by atoms with E-state index in [9.17, 15) is 18.4 Å². The predicted molar refractivity (Wildman–Crippen MR) is 59.4 cm³/mol. The Bertz CT molecular complexity index is 679. The molecule has 4 nitrogen and oxygen atoms in total. The highest BCUT2D eigenvalue weighted by Crippen LogP contribution is 2.20. The summed E-state index contributed by atoms with van der Waals surface area (Å²) in [5.41, 5.74) is -1.21. The summed E-state index contributed by atoms with van der Waals surface area (Å²) < 4.78 is 26.2. The van der Waals surface area contributed by atoms with Crippen LogP contribution in [0.3, 0.4) is 0 Å². The van der Waals surface area contributed by atoms with Crippen molar-refractivity contribution in [3.8, 4) is 11.3 Å². The summed E-state index contributed by atoms with van der Waals surface area (Å²) in [5.74, 6) is -2.95. The number of carboxylic acids is 1. The Morgan fingerprint density at radius 3 is 2.44 bits per heavy atom. The molecule has 0 amide bonds. The molecule has 2 N–H and O–H groups in total. The van der Waals surface area contributed by atoms with E-state index >= 15 is 0 Å². The molecule has 92 valence electrons. The van der Waals surface area contributed by atoms with Crippen LogP contribution >= 0.6 is 0 Å². The maximum atomic E-state index is 13.4. The first-order chi connectivity index (χ1) is 8.49. The Labute approximate surface area is 99.5 Å². The van der Waals surface area contributed by atoms with Gasteiger partial charge in [0.25, 0.3) is 5.56 Å². The van der Waals surface area contributed by atoms with Gasteiger partial charge in [0.15, 0.2) is 0 Å². The molecular weight excluding hydrogens is 244 g/mol. The van der Waals surface area contributed by atoms with Crippen molar-refractivity contribution in [2.24, 2.45) is 0 Å². The van der Waals surface area contributed by atoms with Crippen molar-refractivity contribution >= 4 is 5.97 Å². The summed E-state index contributed by atoms with van der Waals surface area (Å²) >= 11 is 0. The van der Waals surface area contributed by atoms with Gasteiger partial charge >= 0.3 is 5.97 Å². The molecule has 0 saturated carbocycles. The van der Waals surface area contributed by atoms with Gasteiger partial charge in [0, 0.05) is 11.6 Å². The van der Waals surface area contributed by atoms with Gasteiger partial charge in [0.05, 0.1) is 5.69 Å². The number of carbonyl (C=O) groups is 1. The van der Waals surface area contributed by atoms with Crippen LogP contribution in [0.1, 0.15) is 10.4 Å². The van der Waals surface area contributed by atoms with Crippen LogP contribution in [0.5, 0.6) is 0 Å². The zero-order valence-electron chi connectivity index (χ0n) is 8.91. The van der Waals surface area contributed by atoms with E-state index in [4.69, 9.17) is 5.11 Å². The number of aromatic amines is 1. The van der Waals surface area contributed by atoms with E-state index in [-0.39, 0.29) is 11.3 Å². The molecule has 1 heterocycles. The van der Waals surface area contributed by atoms with Gasteiger partial charge in [-0.05, 0) is 24.3 Å². The van der Waals surface area contributed by atoms with Crippen molar-refractivity contribution in [1.82, 2.24) is 4.98 Å². The molecule has 18 heavy (non-hydrogen) atoms. The minimum absolute atomic E-state index is 0.00885. The molecule has 1 aromatic carbocycles. The van der Waals surface area contributed by atoms with E-state index in [0.29, 0.717) is 6.07 Å². The molecular formula is C12H7F2NO3. The molecule has 0 aliphatic rings. The second-order valence-corrected chi connectivity index (χ2v) is 3.54. The van der Waals surface area contributed by atoms with Gasteiger partial charge < -0.3 is 10.1 Å². The fraction of sp³-hybridized carbons (Fsp3) is 0. The third kappa shape index (κ3) is 2.13. The molecule has 0 aliphatic carbocycles. The maximum absolute atomic E-state index is 13.4. The van der Waals surface area contributed by atoms with Gasteiger partial charge in [-0.25, -0.2) is 13.6 Å². The monoisotopic (exact) mass is 251 g/mol. The lowest BCUT2D eigenvalue weighted by Crippen LogP contribution is -2.17. The standard InChI is InChI=1S/C12H7F2NO3/c13-6-1-2-7(9(14)5-6)10-4-3-8(12(17)18)11(16)15-10/h1-5H,(H,15,16)(H,17,18). The van der Waals surface area contributed by atoms with Gasteiger partial charge in [-0.3, -0.25) is 4.79 Å². The first-order valence-electron chi connectivity index (χ1n) is 4.91. The van der Waals surface area contributed by atoms with E-state index in [1.165, 1.54) is 6.07 Å². The number of halogens is 2. The molecule has 0 radical (unpaired) electrons. The lowest BCUT2D eigenvalue weighted by molar-refractivity contribution is 0.0695. The topological polar surface area (TPSA) is 70.2 Å². The number of hydrogen-bond donors (Lipinski definition) is 2. The SMILES string of the molecule is O=C(O)c1ccc(-c2ccc(F)cc2F)[nH]c1=O. The van der Waals surface area contributed by atoms with Crippen LogP contribution in [0.4, 0.5) is 8.78 Å².